The van der Waals surface area contributed by atoms with Crippen molar-refractivity contribution in [3.63, 3.8) is 0 Å². The summed E-state index contributed by atoms with van der Waals surface area (Å²) in [4.78, 5) is 38.9. The number of hydrogen-bond acceptors (Lipinski definition) is 7. The molecule has 1 heterocycles. The molecular weight excluding hydrogens is 609 g/mol. The summed E-state index contributed by atoms with van der Waals surface area (Å²) in [5.74, 6) is -1.64. The molecule has 242 valence electrons. The number of nitrogens with one attached hydrogen (secondary N) is 1. The van der Waals surface area contributed by atoms with Gasteiger partial charge in [-0.25, -0.2) is 4.39 Å². The zero-order valence-corrected chi connectivity index (χ0v) is 27.5. The minimum absolute atomic E-state index is 0.0373. The summed E-state index contributed by atoms with van der Waals surface area (Å²) >= 11 is 6.92. The van der Waals surface area contributed by atoms with Gasteiger partial charge < -0.3 is 19.9 Å². The van der Waals surface area contributed by atoms with Crippen LogP contribution in [0, 0.1) is 24.1 Å². The van der Waals surface area contributed by atoms with Gasteiger partial charge in [0.1, 0.15) is 11.6 Å². The highest BCUT2D eigenvalue weighted by atomic mass is 35.5. The Kier molecular flexibility index (Phi) is 9.94. The number of rotatable bonds is 9. The van der Waals surface area contributed by atoms with E-state index in [0.717, 1.165) is 16.7 Å². The molecule has 3 aromatic rings. The van der Waals surface area contributed by atoms with Crippen LogP contribution in [0.2, 0.25) is 5.02 Å². The zero-order valence-electron chi connectivity index (χ0n) is 26.7. The molecule has 3 aromatic carbocycles. The van der Waals surface area contributed by atoms with Gasteiger partial charge in [-0.3, -0.25) is 14.4 Å². The van der Waals surface area contributed by atoms with Gasteiger partial charge in [0, 0.05) is 42.7 Å². The number of aliphatic hydroxyl groups excluding tert-OH is 1. The molecule has 2 N–H and O–H groups in total. The number of allylic oxidation sites excluding steroid dienone is 2. The van der Waals surface area contributed by atoms with Crippen molar-refractivity contribution >= 4 is 29.0 Å². The fraction of sp³-hybridized carbons (Fsp3) is 0.378. The maximum Gasteiger partial charge on any atom is 0.179 e. The van der Waals surface area contributed by atoms with Crippen molar-refractivity contribution < 1.29 is 33.4 Å². The van der Waals surface area contributed by atoms with Crippen molar-refractivity contribution in [3.05, 3.63) is 87.7 Å². The second-order valence-electron chi connectivity index (χ2n) is 12.6. The predicted molar refractivity (Wildman–Crippen MR) is 175 cm³/mol. The van der Waals surface area contributed by atoms with E-state index in [9.17, 15) is 19.5 Å². The molecule has 0 amide bonds. The summed E-state index contributed by atoms with van der Waals surface area (Å²) < 4.78 is 26.5. The Morgan fingerprint density at radius 1 is 1.13 bits per heavy atom. The lowest BCUT2D eigenvalue weighted by Gasteiger charge is -2.29. The van der Waals surface area contributed by atoms with Crippen LogP contribution in [0.5, 0.6) is 5.75 Å². The number of methoxy groups -OCH3 is 1. The van der Waals surface area contributed by atoms with Gasteiger partial charge in [-0.2, -0.15) is 0 Å². The summed E-state index contributed by atoms with van der Waals surface area (Å²) in [7, 11) is 1.50. The first-order valence-electron chi connectivity index (χ1n) is 15.4. The Morgan fingerprint density at radius 3 is 2.54 bits per heavy atom. The van der Waals surface area contributed by atoms with Crippen LogP contribution in [-0.2, 0) is 32.1 Å². The highest BCUT2D eigenvalue weighted by molar-refractivity contribution is 6.35. The van der Waals surface area contributed by atoms with E-state index in [0.29, 0.717) is 46.1 Å². The molecule has 0 spiro atoms. The van der Waals surface area contributed by atoms with Crippen LogP contribution >= 0.6 is 11.6 Å². The van der Waals surface area contributed by atoms with E-state index >= 15 is 4.39 Å². The zero-order chi connectivity index (χ0) is 33.3. The van der Waals surface area contributed by atoms with Gasteiger partial charge in [0.05, 0.1) is 35.8 Å². The number of aliphatic hydroxyl groups is 1. The average molecular weight is 648 g/mol. The molecule has 0 radical (unpaired) electrons. The molecule has 1 fully saturated rings. The van der Waals surface area contributed by atoms with Crippen LogP contribution in [0.15, 0.2) is 60.2 Å². The van der Waals surface area contributed by atoms with Crippen LogP contribution in [0.25, 0.3) is 22.3 Å². The Bertz CT molecular complexity index is 1730. The monoisotopic (exact) mass is 647 g/mol. The molecule has 0 saturated carbocycles. The van der Waals surface area contributed by atoms with E-state index in [1.165, 1.54) is 19.3 Å². The van der Waals surface area contributed by atoms with Crippen LogP contribution in [0.4, 0.5) is 4.39 Å². The first-order chi connectivity index (χ1) is 21.8. The molecule has 0 aromatic heterocycles. The number of halogens is 2. The van der Waals surface area contributed by atoms with E-state index in [1.807, 2.05) is 37.3 Å². The third-order valence-electron chi connectivity index (χ3n) is 9.17. The van der Waals surface area contributed by atoms with Crippen molar-refractivity contribution in [2.75, 3.05) is 20.3 Å². The SMILES string of the molecule is COc1cc(-c2cccc(-c3cccc(CC(=O)C4=CC(C)C(=O)C(C)(C)C4=O)c3Cl)c2C)cc(F)c1CN[C@@H]1CCOC[C@H]1O. The fourth-order valence-corrected chi connectivity index (χ4v) is 6.68. The normalized spacial score (nSPS) is 21.2. The molecular formula is C37H39ClFNO6. The highest BCUT2D eigenvalue weighted by Crippen LogP contribution is 2.39. The Balaban J connectivity index is 1.43. The smallest absolute Gasteiger partial charge is 0.179 e. The lowest BCUT2D eigenvalue weighted by molar-refractivity contribution is -0.139. The van der Waals surface area contributed by atoms with Gasteiger partial charge in [-0.1, -0.05) is 61.0 Å². The maximum absolute atomic E-state index is 15.6. The minimum atomic E-state index is -1.26. The van der Waals surface area contributed by atoms with E-state index in [4.69, 9.17) is 21.1 Å². The molecule has 1 unspecified atom stereocenters. The summed E-state index contributed by atoms with van der Waals surface area (Å²) in [5, 5.41) is 13.8. The molecule has 1 aliphatic carbocycles. The van der Waals surface area contributed by atoms with Crippen LogP contribution in [0.3, 0.4) is 0 Å². The molecule has 3 atom stereocenters. The third kappa shape index (κ3) is 6.45. The summed E-state index contributed by atoms with van der Waals surface area (Å²) in [6, 6.07) is 14.2. The Labute approximate surface area is 273 Å². The van der Waals surface area contributed by atoms with Gasteiger partial charge in [0.25, 0.3) is 0 Å². The van der Waals surface area contributed by atoms with Crippen LogP contribution in [0.1, 0.15) is 43.9 Å². The third-order valence-corrected chi connectivity index (χ3v) is 9.61. The van der Waals surface area contributed by atoms with Crippen molar-refractivity contribution in [1.29, 1.82) is 0 Å². The van der Waals surface area contributed by atoms with Crippen molar-refractivity contribution in [3.8, 4) is 28.0 Å². The molecule has 1 saturated heterocycles. The predicted octanol–water partition coefficient (Wildman–Crippen LogP) is 6.22. The molecule has 0 bridgehead atoms. The maximum atomic E-state index is 15.6. The van der Waals surface area contributed by atoms with Crippen molar-refractivity contribution in [2.24, 2.45) is 11.3 Å². The Hall–Kier alpha value is -3.69. The number of benzene rings is 3. The standard InChI is InChI=1S/C37H39ClFNO6/c1-20-14-27(36(44)37(3,4)35(20)43)31(41)16-22-8-6-11-26(34(22)38)25-10-7-9-24(21(25)2)23-15-29(39)28(33(17-23)45-5)18-40-30-12-13-46-19-32(30)42/h6-11,14-15,17,20,30,32,40,42H,12-13,16,18-19H2,1-5H3/t20?,30-,32-/m1/s1. The second kappa shape index (κ2) is 13.6. The highest BCUT2D eigenvalue weighted by Gasteiger charge is 2.44. The Morgan fingerprint density at radius 2 is 1.83 bits per heavy atom. The molecule has 9 heteroatoms. The number of carbonyl (C=O) groups excluding carboxylic acids is 3. The van der Waals surface area contributed by atoms with Gasteiger partial charge in [0.15, 0.2) is 17.3 Å². The van der Waals surface area contributed by atoms with Crippen molar-refractivity contribution in [2.45, 2.75) is 59.2 Å². The average Bonchev–Trinajstić information content (AvgIpc) is 3.03. The lowest BCUT2D eigenvalue weighted by Crippen LogP contribution is -2.46. The van der Waals surface area contributed by atoms with E-state index in [2.05, 4.69) is 5.32 Å². The quantitative estimate of drug-likeness (QED) is 0.210. The molecule has 7 nitrogen and oxygen atoms in total. The lowest BCUT2D eigenvalue weighted by atomic mass is 9.70. The second-order valence-corrected chi connectivity index (χ2v) is 13.0. The first kappa shape index (κ1) is 33.7. The first-order valence-corrected chi connectivity index (χ1v) is 15.8. The minimum Gasteiger partial charge on any atom is -0.496 e. The summed E-state index contributed by atoms with van der Waals surface area (Å²) in [6.45, 7) is 7.70. The van der Waals surface area contributed by atoms with Crippen LogP contribution < -0.4 is 10.1 Å². The molecule has 5 rings (SSSR count). The fourth-order valence-electron chi connectivity index (χ4n) is 6.39. The topological polar surface area (TPSA) is 102 Å². The number of Topliss-reactive ketones (excluding diaryl/α,β-unsaturated/α-hetero) is 3. The van der Waals surface area contributed by atoms with Gasteiger partial charge >= 0.3 is 0 Å². The summed E-state index contributed by atoms with van der Waals surface area (Å²) in [5.41, 5.74) is 3.47. The van der Waals surface area contributed by atoms with Crippen LogP contribution in [-0.4, -0.2) is 54.9 Å². The largest absolute Gasteiger partial charge is 0.496 e. The van der Waals surface area contributed by atoms with Gasteiger partial charge in [-0.15, -0.1) is 0 Å². The number of ketones is 3. The summed E-state index contributed by atoms with van der Waals surface area (Å²) in [6.07, 6.45) is 1.33. The van der Waals surface area contributed by atoms with E-state index < -0.39 is 29.0 Å². The van der Waals surface area contributed by atoms with Gasteiger partial charge in [-0.05, 0) is 67.1 Å². The van der Waals surface area contributed by atoms with E-state index in [-0.39, 0.29) is 42.8 Å². The molecule has 2 aliphatic rings. The molecule has 1 aliphatic heterocycles. The van der Waals surface area contributed by atoms with Crippen molar-refractivity contribution in [1.82, 2.24) is 5.32 Å². The number of hydrogen-bond donors (Lipinski definition) is 2. The molecule has 46 heavy (non-hydrogen) atoms. The number of ether oxygens (including phenoxy) is 2. The number of carbonyl (C=O) groups is 3. The van der Waals surface area contributed by atoms with E-state index in [1.54, 1.807) is 32.9 Å². The van der Waals surface area contributed by atoms with Gasteiger partial charge in [0.2, 0.25) is 0 Å².